The zero-order chi connectivity index (χ0) is 26.3. The smallest absolute Gasteiger partial charge is 0.347 e. The molecular weight excluding hydrogens is 480 g/mol. The minimum Gasteiger partial charge on any atom is -0.508 e. The molecule has 5 rings (SSSR count). The van der Waals surface area contributed by atoms with Gasteiger partial charge in [0.25, 0.3) is 0 Å². The summed E-state index contributed by atoms with van der Waals surface area (Å²) in [5.74, 6) is -3.45. The standard InChI is InChI=1S/C28H30O9/c1-3-4-5-8-17(29)10-16-11-18(30)12-21-23(16)26(32)35-22-13-20(31)24-19(25(22)34-21)14-28(37-27(24)33)9-6-7-15(2)36-28/h11-13,15,30-31H,3-10,14H2,1-2H3/t15-,28+/m1/s1. The number of carbonyl (C=O) groups is 3. The lowest BCUT2D eigenvalue weighted by atomic mass is 9.89. The minimum atomic E-state index is -1.22. The zero-order valence-electron chi connectivity index (χ0n) is 20.9. The zero-order valence-corrected chi connectivity index (χ0v) is 20.9. The summed E-state index contributed by atoms with van der Waals surface area (Å²) in [6, 6.07) is 3.76. The van der Waals surface area contributed by atoms with Crippen molar-refractivity contribution in [3.63, 3.8) is 0 Å². The molecule has 0 aromatic heterocycles. The van der Waals surface area contributed by atoms with Crippen molar-refractivity contribution < 1.29 is 43.5 Å². The summed E-state index contributed by atoms with van der Waals surface area (Å²) in [5.41, 5.74) is 0.508. The topological polar surface area (TPSA) is 129 Å². The van der Waals surface area contributed by atoms with Crippen LogP contribution < -0.4 is 9.47 Å². The lowest BCUT2D eigenvalue weighted by molar-refractivity contribution is -0.250. The Morgan fingerprint density at radius 1 is 1.05 bits per heavy atom. The number of fused-ring (bicyclic) bond motifs is 4. The van der Waals surface area contributed by atoms with Gasteiger partial charge in [-0.1, -0.05) is 19.8 Å². The Hall–Kier alpha value is -3.59. The first kappa shape index (κ1) is 25.1. The van der Waals surface area contributed by atoms with Gasteiger partial charge in [-0.3, -0.25) is 4.79 Å². The number of unbranched alkanes of at least 4 members (excludes halogenated alkanes) is 2. The number of hydrogen-bond donors (Lipinski definition) is 2. The molecule has 0 radical (unpaired) electrons. The molecule has 9 heteroatoms. The molecule has 3 heterocycles. The van der Waals surface area contributed by atoms with Crippen molar-refractivity contribution in [2.45, 2.75) is 83.5 Å². The number of Topliss-reactive ketones (excluding diaryl/α,β-unsaturated/α-hetero) is 1. The van der Waals surface area contributed by atoms with Crippen molar-refractivity contribution in [1.29, 1.82) is 0 Å². The van der Waals surface area contributed by atoms with Crippen LogP contribution in [0, 0.1) is 0 Å². The Morgan fingerprint density at radius 3 is 2.62 bits per heavy atom. The van der Waals surface area contributed by atoms with Crippen LogP contribution >= 0.6 is 0 Å². The number of phenols is 2. The molecule has 9 nitrogen and oxygen atoms in total. The lowest BCUT2D eigenvalue weighted by Gasteiger charge is -2.42. The van der Waals surface area contributed by atoms with Crippen molar-refractivity contribution >= 4 is 17.7 Å². The Labute approximate surface area is 214 Å². The molecule has 0 unspecified atom stereocenters. The van der Waals surface area contributed by atoms with Gasteiger partial charge in [0, 0.05) is 43.4 Å². The highest BCUT2D eigenvalue weighted by atomic mass is 16.7. The maximum Gasteiger partial charge on any atom is 0.347 e. The number of carbonyl (C=O) groups excluding carboxylic acids is 3. The van der Waals surface area contributed by atoms with E-state index in [9.17, 15) is 24.6 Å². The van der Waals surface area contributed by atoms with E-state index < -0.39 is 23.5 Å². The predicted molar refractivity (Wildman–Crippen MR) is 130 cm³/mol. The van der Waals surface area contributed by atoms with Crippen molar-refractivity contribution in [2.75, 3.05) is 0 Å². The van der Waals surface area contributed by atoms with Gasteiger partial charge < -0.3 is 29.2 Å². The number of hydrogen-bond acceptors (Lipinski definition) is 9. The molecule has 2 aromatic rings. The molecule has 0 amide bonds. The molecular formula is C28H30O9. The molecule has 37 heavy (non-hydrogen) atoms. The molecule has 0 aliphatic carbocycles. The number of rotatable bonds is 6. The normalized spacial score (nSPS) is 22.2. The van der Waals surface area contributed by atoms with E-state index in [0.29, 0.717) is 18.4 Å². The molecule has 0 saturated carbocycles. The van der Waals surface area contributed by atoms with Crippen LogP contribution in [0.4, 0.5) is 0 Å². The van der Waals surface area contributed by atoms with Crippen LogP contribution in [0.1, 0.15) is 90.6 Å². The molecule has 1 saturated heterocycles. The second kappa shape index (κ2) is 9.70. The second-order valence-corrected chi connectivity index (χ2v) is 10.0. The van der Waals surface area contributed by atoms with Crippen LogP contribution in [0.2, 0.25) is 0 Å². The second-order valence-electron chi connectivity index (χ2n) is 10.0. The minimum absolute atomic E-state index is 0.00100. The molecule has 0 bridgehead atoms. The predicted octanol–water partition coefficient (Wildman–Crippen LogP) is 5.11. The molecule has 2 aromatic carbocycles. The maximum absolute atomic E-state index is 13.2. The van der Waals surface area contributed by atoms with Gasteiger partial charge in [0.05, 0.1) is 6.10 Å². The van der Waals surface area contributed by atoms with Gasteiger partial charge in [-0.2, -0.15) is 0 Å². The maximum atomic E-state index is 13.2. The molecule has 3 aliphatic rings. The SMILES string of the molecule is CCCCCC(=O)Cc1cc(O)cc2c1C(=O)Oc1cc(O)c3c(c1O2)C[C@]1(CCC[C@@H](C)O1)OC3=O. The average Bonchev–Trinajstić information content (AvgIpc) is 2.94. The number of aromatic hydroxyl groups is 2. The lowest BCUT2D eigenvalue weighted by Crippen LogP contribution is -2.48. The van der Waals surface area contributed by atoms with Gasteiger partial charge in [-0.05, 0) is 37.8 Å². The largest absolute Gasteiger partial charge is 0.508 e. The van der Waals surface area contributed by atoms with E-state index in [1.54, 1.807) is 0 Å². The molecule has 2 N–H and O–H groups in total. The third-order valence-corrected chi connectivity index (χ3v) is 7.07. The summed E-state index contributed by atoms with van der Waals surface area (Å²) >= 11 is 0. The Balaban J connectivity index is 1.56. The van der Waals surface area contributed by atoms with Crippen LogP contribution in [0.3, 0.4) is 0 Å². The fourth-order valence-corrected chi connectivity index (χ4v) is 5.38. The van der Waals surface area contributed by atoms with E-state index in [-0.39, 0.29) is 64.4 Å². The van der Waals surface area contributed by atoms with Crippen molar-refractivity contribution in [1.82, 2.24) is 0 Å². The highest BCUT2D eigenvalue weighted by molar-refractivity contribution is 6.01. The van der Waals surface area contributed by atoms with E-state index in [1.807, 2.05) is 13.8 Å². The fourth-order valence-electron chi connectivity index (χ4n) is 5.38. The van der Waals surface area contributed by atoms with Gasteiger partial charge in [-0.15, -0.1) is 0 Å². The average molecular weight is 511 g/mol. The third kappa shape index (κ3) is 4.75. The highest BCUT2D eigenvalue weighted by Gasteiger charge is 2.48. The Kier molecular flexibility index (Phi) is 6.58. The number of ketones is 1. The molecule has 1 fully saturated rings. The highest BCUT2D eigenvalue weighted by Crippen LogP contribution is 2.50. The third-order valence-electron chi connectivity index (χ3n) is 7.07. The molecule has 196 valence electrons. The first-order valence-electron chi connectivity index (χ1n) is 12.8. The summed E-state index contributed by atoms with van der Waals surface area (Å²) in [5, 5.41) is 21.1. The quantitative estimate of drug-likeness (QED) is 0.309. The van der Waals surface area contributed by atoms with E-state index in [4.69, 9.17) is 18.9 Å². The van der Waals surface area contributed by atoms with Crippen molar-refractivity contribution in [3.8, 4) is 28.7 Å². The number of benzene rings is 2. The first-order chi connectivity index (χ1) is 17.7. The van der Waals surface area contributed by atoms with Gasteiger partial charge in [0.15, 0.2) is 11.5 Å². The van der Waals surface area contributed by atoms with Crippen molar-refractivity contribution in [2.24, 2.45) is 0 Å². The summed E-state index contributed by atoms with van der Waals surface area (Å²) in [4.78, 5) is 38.8. The van der Waals surface area contributed by atoms with Crippen LogP contribution in [0.25, 0.3) is 0 Å². The monoisotopic (exact) mass is 510 g/mol. The van der Waals surface area contributed by atoms with Gasteiger partial charge >= 0.3 is 11.9 Å². The Morgan fingerprint density at radius 2 is 1.86 bits per heavy atom. The summed E-state index contributed by atoms with van der Waals surface area (Å²) in [6.07, 6.45) is 4.96. The Bertz CT molecular complexity index is 1280. The number of ether oxygens (including phenoxy) is 4. The number of esters is 2. The van der Waals surface area contributed by atoms with Crippen LogP contribution in [-0.2, 0) is 27.1 Å². The van der Waals surface area contributed by atoms with Gasteiger partial charge in [0.1, 0.15) is 34.2 Å². The fraction of sp³-hybridized carbons (Fsp3) is 0.464. The summed E-state index contributed by atoms with van der Waals surface area (Å²) in [7, 11) is 0. The number of phenolic OH excluding ortho intramolecular Hbond substituents is 2. The van der Waals surface area contributed by atoms with Crippen molar-refractivity contribution in [3.05, 3.63) is 40.5 Å². The molecule has 1 spiro atoms. The first-order valence-corrected chi connectivity index (χ1v) is 12.8. The van der Waals surface area contributed by atoms with Crippen LogP contribution in [-0.4, -0.2) is 39.8 Å². The van der Waals surface area contributed by atoms with E-state index in [2.05, 4.69) is 0 Å². The van der Waals surface area contributed by atoms with Gasteiger partial charge in [0.2, 0.25) is 5.79 Å². The van der Waals surface area contributed by atoms with E-state index in [0.717, 1.165) is 38.2 Å². The van der Waals surface area contributed by atoms with E-state index >= 15 is 0 Å². The van der Waals surface area contributed by atoms with Crippen LogP contribution in [0.5, 0.6) is 28.7 Å². The van der Waals surface area contributed by atoms with Crippen LogP contribution in [0.15, 0.2) is 18.2 Å². The van der Waals surface area contributed by atoms with E-state index in [1.165, 1.54) is 12.1 Å². The molecule has 2 atom stereocenters. The molecule has 3 aliphatic heterocycles. The summed E-state index contributed by atoms with van der Waals surface area (Å²) < 4.78 is 23.5. The summed E-state index contributed by atoms with van der Waals surface area (Å²) in [6.45, 7) is 3.94. The van der Waals surface area contributed by atoms with Gasteiger partial charge in [-0.25, -0.2) is 9.59 Å².